The number of aryl methyl sites for hydroxylation is 1. The van der Waals surface area contributed by atoms with E-state index >= 15 is 0 Å². The molecular weight excluding hydrogens is 316 g/mol. The first-order chi connectivity index (χ1) is 8.63. The van der Waals surface area contributed by atoms with E-state index in [9.17, 15) is 4.79 Å². The van der Waals surface area contributed by atoms with Gasteiger partial charge in [0.1, 0.15) is 5.69 Å². The summed E-state index contributed by atoms with van der Waals surface area (Å²) in [7, 11) is 0. The second-order valence-electron chi connectivity index (χ2n) is 3.89. The second kappa shape index (κ2) is 4.03. The summed E-state index contributed by atoms with van der Waals surface area (Å²) in [5.41, 5.74) is 2.33. The minimum absolute atomic E-state index is 0.518. The highest BCUT2D eigenvalue weighted by Gasteiger charge is 2.18. The first-order valence-electron chi connectivity index (χ1n) is 5.26. The highest BCUT2D eigenvalue weighted by Crippen LogP contribution is 2.25. The number of aromatic nitrogens is 4. The molecule has 0 atom stereocenters. The van der Waals surface area contributed by atoms with Gasteiger partial charge in [0.2, 0.25) is 0 Å². The van der Waals surface area contributed by atoms with E-state index < -0.39 is 0 Å². The minimum Gasteiger partial charge on any atom is -0.296 e. The number of hydrogen-bond donors (Lipinski definition) is 0. The van der Waals surface area contributed by atoms with Crippen LogP contribution in [0.1, 0.15) is 21.9 Å². The fourth-order valence-electron chi connectivity index (χ4n) is 1.89. The summed E-state index contributed by atoms with van der Waals surface area (Å²) >= 11 is 4.96. The molecule has 0 spiro atoms. The van der Waals surface area contributed by atoms with Gasteiger partial charge in [-0.15, -0.1) is 11.3 Å². The molecule has 3 rings (SSSR count). The Balaban J connectivity index is 2.33. The highest BCUT2D eigenvalue weighted by atomic mass is 79.9. The number of fused-ring (bicyclic) bond motifs is 1. The zero-order valence-corrected chi connectivity index (χ0v) is 12.1. The van der Waals surface area contributed by atoms with Crippen molar-refractivity contribution in [2.45, 2.75) is 13.8 Å². The van der Waals surface area contributed by atoms with E-state index in [1.807, 2.05) is 25.4 Å². The Morgan fingerprint density at radius 1 is 1.44 bits per heavy atom. The fraction of sp³-hybridized carbons (Fsp3) is 0.182. The lowest BCUT2D eigenvalue weighted by Crippen LogP contribution is -2.03. The Hall–Kier alpha value is -1.47. The molecule has 92 valence electrons. The summed E-state index contributed by atoms with van der Waals surface area (Å²) in [5.74, 6) is 0.572. The summed E-state index contributed by atoms with van der Waals surface area (Å²) in [4.78, 5) is 16.5. The Morgan fingerprint density at radius 2 is 2.22 bits per heavy atom. The van der Waals surface area contributed by atoms with Gasteiger partial charge in [-0.3, -0.25) is 9.20 Å². The van der Waals surface area contributed by atoms with Crippen LogP contribution in [0.25, 0.3) is 10.8 Å². The predicted molar refractivity (Wildman–Crippen MR) is 72.8 cm³/mol. The maximum absolute atomic E-state index is 11.3. The molecule has 0 saturated heterocycles. The van der Waals surface area contributed by atoms with Gasteiger partial charge in [-0.2, -0.15) is 10.1 Å². The average molecular weight is 325 g/mol. The minimum atomic E-state index is 0.518. The van der Waals surface area contributed by atoms with E-state index in [-0.39, 0.29) is 0 Å². The number of carbonyl (C=O) groups is 1. The van der Waals surface area contributed by atoms with Crippen molar-refractivity contribution in [2.75, 3.05) is 0 Å². The Morgan fingerprint density at radius 3 is 2.83 bits per heavy atom. The SMILES string of the molecule is Cc1nn(-c2nc3sccn3c2C=O)c(C)c1Br. The van der Waals surface area contributed by atoms with Crippen molar-refractivity contribution in [3.05, 3.63) is 33.1 Å². The van der Waals surface area contributed by atoms with Gasteiger partial charge in [-0.1, -0.05) is 0 Å². The van der Waals surface area contributed by atoms with Crippen molar-refractivity contribution < 1.29 is 4.79 Å². The summed E-state index contributed by atoms with van der Waals surface area (Å²) in [5, 5.41) is 6.30. The van der Waals surface area contributed by atoms with Crippen molar-refractivity contribution in [1.29, 1.82) is 0 Å². The van der Waals surface area contributed by atoms with Gasteiger partial charge in [0, 0.05) is 11.6 Å². The molecule has 3 heterocycles. The number of halogens is 1. The molecule has 0 aliphatic heterocycles. The number of carbonyl (C=O) groups excluding carboxylic acids is 1. The third kappa shape index (κ3) is 1.47. The quantitative estimate of drug-likeness (QED) is 0.681. The number of rotatable bonds is 2. The summed E-state index contributed by atoms with van der Waals surface area (Å²) < 4.78 is 4.41. The Labute approximate surface area is 115 Å². The van der Waals surface area contributed by atoms with E-state index in [0.29, 0.717) is 11.5 Å². The summed E-state index contributed by atoms with van der Waals surface area (Å²) in [6.07, 6.45) is 2.65. The predicted octanol–water partition coefficient (Wildman–Crippen LogP) is 2.77. The third-order valence-electron chi connectivity index (χ3n) is 2.79. The van der Waals surface area contributed by atoms with Crippen LogP contribution in [0.4, 0.5) is 0 Å². The van der Waals surface area contributed by atoms with Crippen LogP contribution in [0.15, 0.2) is 16.0 Å². The van der Waals surface area contributed by atoms with Gasteiger partial charge in [-0.25, -0.2) is 4.68 Å². The molecular formula is C11H9BrN4OS. The molecule has 0 aliphatic rings. The van der Waals surface area contributed by atoms with Crippen molar-refractivity contribution in [2.24, 2.45) is 0 Å². The van der Waals surface area contributed by atoms with E-state index in [4.69, 9.17) is 0 Å². The van der Waals surface area contributed by atoms with Gasteiger partial charge in [0.15, 0.2) is 17.1 Å². The van der Waals surface area contributed by atoms with Crippen LogP contribution in [0, 0.1) is 13.8 Å². The van der Waals surface area contributed by atoms with Crippen LogP contribution in [0.2, 0.25) is 0 Å². The van der Waals surface area contributed by atoms with E-state index in [1.54, 1.807) is 9.08 Å². The highest BCUT2D eigenvalue weighted by molar-refractivity contribution is 9.10. The second-order valence-corrected chi connectivity index (χ2v) is 5.56. The largest absolute Gasteiger partial charge is 0.296 e. The maximum atomic E-state index is 11.3. The van der Waals surface area contributed by atoms with Crippen molar-refractivity contribution in [3.8, 4) is 5.82 Å². The van der Waals surface area contributed by atoms with Crippen LogP contribution in [0.5, 0.6) is 0 Å². The van der Waals surface area contributed by atoms with Gasteiger partial charge >= 0.3 is 0 Å². The maximum Gasteiger partial charge on any atom is 0.196 e. The van der Waals surface area contributed by atoms with E-state index in [2.05, 4.69) is 26.0 Å². The van der Waals surface area contributed by atoms with Crippen LogP contribution in [-0.4, -0.2) is 25.5 Å². The molecule has 0 unspecified atom stereocenters. The van der Waals surface area contributed by atoms with Gasteiger partial charge in [0.25, 0.3) is 0 Å². The molecule has 0 bridgehead atoms. The number of thiazole rings is 1. The molecule has 5 nitrogen and oxygen atoms in total. The molecule has 0 saturated carbocycles. The average Bonchev–Trinajstić information content (AvgIpc) is 2.98. The monoisotopic (exact) mass is 324 g/mol. The molecule has 3 aromatic rings. The summed E-state index contributed by atoms with van der Waals surface area (Å²) in [6.45, 7) is 3.85. The van der Waals surface area contributed by atoms with Gasteiger partial charge in [-0.05, 0) is 29.8 Å². The Bertz CT molecular complexity index is 755. The number of nitrogens with zero attached hydrogens (tertiary/aromatic N) is 4. The summed E-state index contributed by atoms with van der Waals surface area (Å²) in [6, 6.07) is 0. The van der Waals surface area contributed by atoms with Crippen molar-refractivity contribution in [3.63, 3.8) is 0 Å². The van der Waals surface area contributed by atoms with E-state index in [1.165, 1.54) is 11.3 Å². The van der Waals surface area contributed by atoms with Gasteiger partial charge in [0.05, 0.1) is 15.9 Å². The molecule has 18 heavy (non-hydrogen) atoms. The lowest BCUT2D eigenvalue weighted by atomic mass is 10.4. The van der Waals surface area contributed by atoms with Crippen LogP contribution >= 0.6 is 27.3 Å². The fourth-order valence-corrected chi connectivity index (χ4v) is 2.85. The van der Waals surface area contributed by atoms with Crippen molar-refractivity contribution >= 4 is 38.5 Å². The number of aldehydes is 1. The zero-order chi connectivity index (χ0) is 12.9. The Kier molecular flexibility index (Phi) is 2.60. The van der Waals surface area contributed by atoms with Crippen molar-refractivity contribution in [1.82, 2.24) is 19.2 Å². The third-order valence-corrected chi connectivity index (χ3v) is 4.70. The molecule has 0 N–H and O–H groups in total. The molecule has 0 aromatic carbocycles. The molecule has 3 aromatic heterocycles. The lowest BCUT2D eigenvalue weighted by Gasteiger charge is -2.00. The topological polar surface area (TPSA) is 52.2 Å². The first kappa shape index (κ1) is 11.6. The smallest absolute Gasteiger partial charge is 0.196 e. The normalized spacial score (nSPS) is 11.3. The molecule has 0 amide bonds. The van der Waals surface area contributed by atoms with Gasteiger partial charge < -0.3 is 0 Å². The zero-order valence-electron chi connectivity index (χ0n) is 9.72. The molecule has 7 heteroatoms. The molecule has 0 radical (unpaired) electrons. The van der Waals surface area contributed by atoms with E-state index in [0.717, 1.165) is 27.1 Å². The van der Waals surface area contributed by atoms with Crippen LogP contribution in [-0.2, 0) is 0 Å². The molecule has 0 fully saturated rings. The molecule has 0 aliphatic carbocycles. The standard InChI is InChI=1S/C11H9BrN4OS/c1-6-9(12)7(2)16(14-6)10-8(5-17)15-3-4-18-11(15)13-10/h3-5H,1-2H3. The van der Waals surface area contributed by atoms with Crippen LogP contribution < -0.4 is 0 Å². The first-order valence-corrected chi connectivity index (χ1v) is 6.93. The number of imidazole rings is 1. The number of hydrogen-bond acceptors (Lipinski definition) is 4. The lowest BCUT2D eigenvalue weighted by molar-refractivity contribution is 0.111. The van der Waals surface area contributed by atoms with Crippen LogP contribution in [0.3, 0.4) is 0 Å².